The average Bonchev–Trinajstić information content (AvgIpc) is 2.99. The number of halogens is 1. The highest BCUT2D eigenvalue weighted by Gasteiger charge is 2.28. The number of H-pyrrole nitrogens is 1. The Labute approximate surface area is 147 Å². The van der Waals surface area contributed by atoms with E-state index in [4.69, 9.17) is 16.3 Å². The molecule has 2 heterocycles. The van der Waals surface area contributed by atoms with Gasteiger partial charge in [0.1, 0.15) is 5.75 Å². The third-order valence-electron chi connectivity index (χ3n) is 4.45. The van der Waals surface area contributed by atoms with Gasteiger partial charge in [0.05, 0.1) is 18.4 Å². The van der Waals surface area contributed by atoms with E-state index in [2.05, 4.69) is 15.1 Å². The second-order valence-corrected chi connectivity index (χ2v) is 6.76. The van der Waals surface area contributed by atoms with Crippen LogP contribution in [0.15, 0.2) is 24.3 Å². The molecule has 6 heteroatoms. The summed E-state index contributed by atoms with van der Waals surface area (Å²) in [6.45, 7) is 4.48. The van der Waals surface area contributed by atoms with Crippen molar-refractivity contribution in [3.05, 3.63) is 46.2 Å². The Bertz CT molecular complexity index is 729. The molecule has 3 rings (SSSR count). The van der Waals surface area contributed by atoms with Crippen LogP contribution >= 0.6 is 11.6 Å². The van der Waals surface area contributed by atoms with Crippen LogP contribution in [0.1, 0.15) is 34.6 Å². The van der Waals surface area contributed by atoms with Crippen molar-refractivity contribution in [3.63, 3.8) is 0 Å². The second-order valence-electron chi connectivity index (χ2n) is 6.33. The van der Waals surface area contributed by atoms with Crippen molar-refractivity contribution in [1.82, 2.24) is 15.1 Å². The number of nitrogens with zero attached hydrogens (tertiary/aromatic N) is 2. The lowest BCUT2D eigenvalue weighted by atomic mass is 9.89. The van der Waals surface area contributed by atoms with E-state index in [1.54, 1.807) is 25.3 Å². The molecule has 0 saturated carbocycles. The molecular weight excluding hydrogens is 326 g/mol. The number of hydrogen-bond acceptors (Lipinski definition) is 4. The lowest BCUT2D eigenvalue weighted by Crippen LogP contribution is -2.38. The quantitative estimate of drug-likeness (QED) is 0.841. The molecule has 1 N–H and O–H groups in total. The Kier molecular flexibility index (Phi) is 5.21. The SMILES string of the molecule is COc1ccc(Cl)cc1C(=O)C1CCCN(Cc2cc(C)[nH]n2)C1. The van der Waals surface area contributed by atoms with E-state index in [9.17, 15) is 4.79 Å². The summed E-state index contributed by atoms with van der Waals surface area (Å²) in [5, 5.41) is 7.81. The molecule has 2 aromatic rings. The minimum absolute atomic E-state index is 0.0360. The highest BCUT2D eigenvalue weighted by atomic mass is 35.5. The molecule has 24 heavy (non-hydrogen) atoms. The molecule has 0 radical (unpaired) electrons. The van der Waals surface area contributed by atoms with Gasteiger partial charge in [-0.25, -0.2) is 0 Å². The maximum Gasteiger partial charge on any atom is 0.170 e. The van der Waals surface area contributed by atoms with Crippen LogP contribution in [-0.2, 0) is 6.54 Å². The number of rotatable bonds is 5. The number of carbonyl (C=O) groups excluding carboxylic acids is 1. The molecule has 1 unspecified atom stereocenters. The summed E-state index contributed by atoms with van der Waals surface area (Å²) in [6.07, 6.45) is 1.90. The lowest BCUT2D eigenvalue weighted by Gasteiger charge is -2.31. The average molecular weight is 348 g/mol. The molecule has 1 aromatic carbocycles. The molecule has 0 spiro atoms. The molecule has 0 bridgehead atoms. The van der Waals surface area contributed by atoms with E-state index in [-0.39, 0.29) is 11.7 Å². The van der Waals surface area contributed by atoms with Crippen LogP contribution in [0, 0.1) is 12.8 Å². The number of carbonyl (C=O) groups is 1. The van der Waals surface area contributed by atoms with Crippen molar-refractivity contribution >= 4 is 17.4 Å². The maximum atomic E-state index is 12.9. The van der Waals surface area contributed by atoms with Gasteiger partial charge >= 0.3 is 0 Å². The van der Waals surface area contributed by atoms with Gasteiger partial charge in [0.25, 0.3) is 0 Å². The van der Waals surface area contributed by atoms with Crippen molar-refractivity contribution in [3.8, 4) is 5.75 Å². The molecule has 0 amide bonds. The van der Waals surface area contributed by atoms with Crippen LogP contribution in [0.5, 0.6) is 5.75 Å². The Morgan fingerprint density at radius 1 is 1.46 bits per heavy atom. The number of ether oxygens (including phenoxy) is 1. The number of Topliss-reactive ketones (excluding diaryl/α,β-unsaturated/α-hetero) is 1. The number of likely N-dealkylation sites (tertiary alicyclic amines) is 1. The summed E-state index contributed by atoms with van der Waals surface area (Å²) < 4.78 is 5.33. The van der Waals surface area contributed by atoms with Gasteiger partial charge in [-0.3, -0.25) is 14.8 Å². The third-order valence-corrected chi connectivity index (χ3v) is 4.68. The van der Waals surface area contributed by atoms with Gasteiger partial charge in [0.15, 0.2) is 5.78 Å². The van der Waals surface area contributed by atoms with E-state index < -0.39 is 0 Å². The standard InChI is InChI=1S/C18H22ClN3O2/c1-12-8-15(21-20-12)11-22-7-3-4-13(10-22)18(23)16-9-14(19)5-6-17(16)24-2/h5-6,8-9,13H,3-4,7,10-11H2,1-2H3,(H,20,21). The Morgan fingerprint density at radius 2 is 2.29 bits per heavy atom. The molecule has 1 atom stereocenters. The first-order chi connectivity index (χ1) is 11.6. The fourth-order valence-corrected chi connectivity index (χ4v) is 3.46. The van der Waals surface area contributed by atoms with Gasteiger partial charge in [-0.1, -0.05) is 11.6 Å². The Balaban J connectivity index is 1.72. The van der Waals surface area contributed by atoms with Crippen LogP contribution in [0.3, 0.4) is 0 Å². The topological polar surface area (TPSA) is 58.2 Å². The number of benzene rings is 1. The predicted molar refractivity (Wildman–Crippen MR) is 93.7 cm³/mol. The molecule has 1 fully saturated rings. The fourth-order valence-electron chi connectivity index (χ4n) is 3.29. The zero-order valence-electron chi connectivity index (χ0n) is 14.0. The maximum absolute atomic E-state index is 12.9. The third kappa shape index (κ3) is 3.79. The fraction of sp³-hybridized carbons (Fsp3) is 0.444. The molecule has 5 nitrogen and oxygen atoms in total. The zero-order chi connectivity index (χ0) is 17.1. The molecule has 0 aliphatic carbocycles. The number of methoxy groups -OCH3 is 1. The van der Waals surface area contributed by atoms with Crippen LogP contribution in [0.2, 0.25) is 5.02 Å². The van der Waals surface area contributed by atoms with Gasteiger partial charge in [0, 0.05) is 29.7 Å². The minimum Gasteiger partial charge on any atom is -0.496 e. The van der Waals surface area contributed by atoms with E-state index in [1.807, 2.05) is 13.0 Å². The van der Waals surface area contributed by atoms with Crippen molar-refractivity contribution < 1.29 is 9.53 Å². The summed E-state index contributed by atoms with van der Waals surface area (Å²) in [5.41, 5.74) is 2.65. The minimum atomic E-state index is -0.0360. The summed E-state index contributed by atoms with van der Waals surface area (Å²) in [7, 11) is 1.58. The second kappa shape index (κ2) is 7.36. The van der Waals surface area contributed by atoms with E-state index in [0.29, 0.717) is 16.3 Å². The molecule has 1 aliphatic rings. The molecule has 1 aromatic heterocycles. The molecular formula is C18H22ClN3O2. The monoisotopic (exact) mass is 347 g/mol. The van der Waals surface area contributed by atoms with Crippen molar-refractivity contribution in [2.75, 3.05) is 20.2 Å². The van der Waals surface area contributed by atoms with Crippen LogP contribution < -0.4 is 4.74 Å². The number of aromatic amines is 1. The van der Waals surface area contributed by atoms with Crippen molar-refractivity contribution in [2.45, 2.75) is 26.3 Å². The number of aryl methyl sites for hydroxylation is 1. The van der Waals surface area contributed by atoms with Crippen LogP contribution in [0.25, 0.3) is 0 Å². The van der Waals surface area contributed by atoms with Gasteiger partial charge in [-0.05, 0) is 50.6 Å². The summed E-state index contributed by atoms with van der Waals surface area (Å²) in [5.74, 6) is 0.660. The predicted octanol–water partition coefficient (Wildman–Crippen LogP) is 3.48. The number of aromatic nitrogens is 2. The normalized spacial score (nSPS) is 18.5. The summed E-state index contributed by atoms with van der Waals surface area (Å²) in [6, 6.07) is 7.25. The van der Waals surface area contributed by atoms with Crippen molar-refractivity contribution in [2.24, 2.45) is 5.92 Å². The number of piperidine rings is 1. The largest absolute Gasteiger partial charge is 0.496 e. The number of nitrogens with one attached hydrogen (secondary N) is 1. The summed E-state index contributed by atoms with van der Waals surface area (Å²) in [4.78, 5) is 15.2. The van der Waals surface area contributed by atoms with E-state index >= 15 is 0 Å². The smallest absolute Gasteiger partial charge is 0.170 e. The van der Waals surface area contributed by atoms with Gasteiger partial charge in [0.2, 0.25) is 0 Å². The highest BCUT2D eigenvalue weighted by molar-refractivity contribution is 6.31. The van der Waals surface area contributed by atoms with E-state index in [1.165, 1.54) is 0 Å². The molecule has 1 saturated heterocycles. The number of ketones is 1. The van der Waals surface area contributed by atoms with Crippen LogP contribution in [-0.4, -0.2) is 41.1 Å². The Hall–Kier alpha value is -1.85. The van der Waals surface area contributed by atoms with E-state index in [0.717, 1.165) is 43.9 Å². The van der Waals surface area contributed by atoms with Gasteiger partial charge in [-0.15, -0.1) is 0 Å². The van der Waals surface area contributed by atoms with Crippen LogP contribution in [0.4, 0.5) is 0 Å². The number of hydrogen-bond donors (Lipinski definition) is 1. The first kappa shape index (κ1) is 17.0. The molecule has 1 aliphatic heterocycles. The lowest BCUT2D eigenvalue weighted by molar-refractivity contribution is 0.0807. The van der Waals surface area contributed by atoms with Gasteiger partial charge in [-0.2, -0.15) is 5.10 Å². The highest BCUT2D eigenvalue weighted by Crippen LogP contribution is 2.29. The van der Waals surface area contributed by atoms with Crippen molar-refractivity contribution in [1.29, 1.82) is 0 Å². The first-order valence-corrected chi connectivity index (χ1v) is 8.55. The zero-order valence-corrected chi connectivity index (χ0v) is 14.8. The molecule has 128 valence electrons. The van der Waals surface area contributed by atoms with Gasteiger partial charge < -0.3 is 4.74 Å². The first-order valence-electron chi connectivity index (χ1n) is 8.18. The Morgan fingerprint density at radius 3 is 3.00 bits per heavy atom. The summed E-state index contributed by atoms with van der Waals surface area (Å²) >= 11 is 6.07.